The Bertz CT molecular complexity index is 379. The first-order valence-electron chi connectivity index (χ1n) is 4.64. The Morgan fingerprint density at radius 3 is 1.86 bits per heavy atom. The van der Waals surface area contributed by atoms with Crippen molar-refractivity contribution in [3.05, 3.63) is 27.8 Å². The number of carbonyl (C=O) groups is 1. The van der Waals surface area contributed by atoms with Crippen LogP contribution in [0.5, 0.6) is 5.75 Å². The van der Waals surface area contributed by atoms with Crippen LogP contribution in [0.4, 0.5) is 0 Å². The second-order valence-electron chi connectivity index (χ2n) is 3.56. The van der Waals surface area contributed by atoms with Crippen molar-refractivity contribution in [2.45, 2.75) is 27.7 Å². The Hall–Kier alpha value is -1.31. The number of rotatable bonds is 2. The van der Waals surface area contributed by atoms with Crippen LogP contribution in [0, 0.1) is 27.7 Å². The topological polar surface area (TPSA) is 26.3 Å². The highest BCUT2D eigenvalue weighted by Gasteiger charge is 2.14. The standard InChI is InChI=1S/C12H16O2/c1-7-8(2)10(4)12(14-5)11(6-13)9(7)3/h6H,1-5H3. The molecule has 0 saturated heterocycles. The van der Waals surface area contributed by atoms with Gasteiger partial charge in [-0.25, -0.2) is 0 Å². The minimum atomic E-state index is 0.674. The molecule has 1 aromatic rings. The Morgan fingerprint density at radius 2 is 1.43 bits per heavy atom. The van der Waals surface area contributed by atoms with E-state index in [-0.39, 0.29) is 0 Å². The van der Waals surface area contributed by atoms with Crippen molar-refractivity contribution >= 4 is 6.29 Å². The molecule has 0 N–H and O–H groups in total. The van der Waals surface area contributed by atoms with Crippen LogP contribution < -0.4 is 4.74 Å². The molecular formula is C12H16O2. The molecule has 0 aliphatic carbocycles. The van der Waals surface area contributed by atoms with Gasteiger partial charge in [0, 0.05) is 0 Å². The molecule has 1 aromatic carbocycles. The van der Waals surface area contributed by atoms with Crippen molar-refractivity contribution in [1.29, 1.82) is 0 Å². The molecule has 0 aliphatic heterocycles. The first kappa shape index (κ1) is 10.8. The summed E-state index contributed by atoms with van der Waals surface area (Å²) in [4.78, 5) is 10.9. The number of methoxy groups -OCH3 is 1. The predicted octanol–water partition coefficient (Wildman–Crippen LogP) is 2.74. The van der Waals surface area contributed by atoms with Crippen molar-refractivity contribution in [3.8, 4) is 5.75 Å². The Labute approximate surface area is 84.9 Å². The maximum atomic E-state index is 10.9. The van der Waals surface area contributed by atoms with Crippen molar-refractivity contribution in [2.24, 2.45) is 0 Å². The quantitative estimate of drug-likeness (QED) is 0.673. The maximum Gasteiger partial charge on any atom is 0.154 e. The zero-order valence-corrected chi connectivity index (χ0v) is 9.39. The second kappa shape index (κ2) is 3.82. The molecule has 0 heterocycles. The molecule has 0 amide bonds. The van der Waals surface area contributed by atoms with Gasteiger partial charge in [-0.05, 0) is 49.9 Å². The number of hydrogen-bond donors (Lipinski definition) is 0. The molecule has 0 bridgehead atoms. The number of aldehydes is 1. The smallest absolute Gasteiger partial charge is 0.154 e. The van der Waals surface area contributed by atoms with Gasteiger partial charge in [-0.1, -0.05) is 0 Å². The van der Waals surface area contributed by atoms with Gasteiger partial charge in [-0.2, -0.15) is 0 Å². The third kappa shape index (κ3) is 1.41. The zero-order valence-electron chi connectivity index (χ0n) is 9.39. The summed E-state index contributed by atoms with van der Waals surface area (Å²) in [5.74, 6) is 0.709. The van der Waals surface area contributed by atoms with Crippen LogP contribution in [0.15, 0.2) is 0 Å². The van der Waals surface area contributed by atoms with E-state index in [1.54, 1.807) is 7.11 Å². The van der Waals surface area contributed by atoms with E-state index in [2.05, 4.69) is 6.92 Å². The van der Waals surface area contributed by atoms with E-state index < -0.39 is 0 Å². The fraction of sp³-hybridized carbons (Fsp3) is 0.417. The first-order valence-corrected chi connectivity index (χ1v) is 4.64. The van der Waals surface area contributed by atoms with Gasteiger partial charge in [-0.15, -0.1) is 0 Å². The predicted molar refractivity (Wildman–Crippen MR) is 57.3 cm³/mol. The number of benzene rings is 1. The molecule has 2 nitrogen and oxygen atoms in total. The average Bonchev–Trinajstić information content (AvgIpc) is 2.20. The van der Waals surface area contributed by atoms with Gasteiger partial charge in [0.05, 0.1) is 12.7 Å². The van der Waals surface area contributed by atoms with Crippen LogP contribution in [0.2, 0.25) is 0 Å². The number of carbonyl (C=O) groups excluding carboxylic acids is 1. The molecule has 0 aromatic heterocycles. The molecule has 0 radical (unpaired) electrons. The van der Waals surface area contributed by atoms with Crippen LogP contribution in [0.25, 0.3) is 0 Å². The monoisotopic (exact) mass is 192 g/mol. The number of ether oxygens (including phenoxy) is 1. The SMILES string of the molecule is COc1c(C)c(C)c(C)c(C)c1C=O. The van der Waals surface area contributed by atoms with E-state index in [0.29, 0.717) is 11.3 Å². The van der Waals surface area contributed by atoms with Gasteiger partial charge in [0.2, 0.25) is 0 Å². The Morgan fingerprint density at radius 1 is 0.929 bits per heavy atom. The summed E-state index contributed by atoms with van der Waals surface area (Å²) < 4.78 is 5.25. The molecule has 0 spiro atoms. The average molecular weight is 192 g/mol. The lowest BCUT2D eigenvalue weighted by Gasteiger charge is -2.16. The highest BCUT2D eigenvalue weighted by molar-refractivity contribution is 5.84. The summed E-state index contributed by atoms with van der Waals surface area (Å²) in [6.07, 6.45) is 0.869. The van der Waals surface area contributed by atoms with E-state index in [4.69, 9.17) is 4.74 Å². The van der Waals surface area contributed by atoms with Crippen LogP contribution >= 0.6 is 0 Å². The normalized spacial score (nSPS) is 10.1. The second-order valence-corrected chi connectivity index (χ2v) is 3.56. The third-order valence-electron chi connectivity index (χ3n) is 3.00. The van der Waals surface area contributed by atoms with Gasteiger partial charge >= 0.3 is 0 Å². The van der Waals surface area contributed by atoms with Crippen molar-refractivity contribution in [3.63, 3.8) is 0 Å². The molecule has 0 aliphatic rings. The summed E-state index contributed by atoms with van der Waals surface area (Å²) in [7, 11) is 1.60. The highest BCUT2D eigenvalue weighted by atomic mass is 16.5. The van der Waals surface area contributed by atoms with Gasteiger partial charge < -0.3 is 4.74 Å². The van der Waals surface area contributed by atoms with Crippen molar-refractivity contribution in [1.82, 2.24) is 0 Å². The van der Waals surface area contributed by atoms with E-state index >= 15 is 0 Å². The third-order valence-corrected chi connectivity index (χ3v) is 3.00. The Kier molecular flexibility index (Phi) is 2.94. The molecule has 0 saturated carbocycles. The summed E-state index contributed by atoms with van der Waals surface area (Å²) in [6.45, 7) is 8.01. The lowest BCUT2D eigenvalue weighted by atomic mass is 9.94. The molecule has 2 heteroatoms. The van der Waals surface area contributed by atoms with Crippen molar-refractivity contribution < 1.29 is 9.53 Å². The van der Waals surface area contributed by atoms with Crippen LogP contribution in [0.3, 0.4) is 0 Å². The summed E-state index contributed by atoms with van der Waals surface area (Å²) in [5, 5.41) is 0. The summed E-state index contributed by atoms with van der Waals surface area (Å²) in [5.41, 5.74) is 5.11. The molecule has 76 valence electrons. The fourth-order valence-electron chi connectivity index (χ4n) is 1.71. The summed E-state index contributed by atoms with van der Waals surface area (Å²) in [6, 6.07) is 0. The molecule has 0 unspecified atom stereocenters. The van der Waals surface area contributed by atoms with Gasteiger partial charge in [0.25, 0.3) is 0 Å². The molecule has 1 rings (SSSR count). The highest BCUT2D eigenvalue weighted by Crippen LogP contribution is 2.31. The Balaban J connectivity index is 3.65. The summed E-state index contributed by atoms with van der Waals surface area (Å²) >= 11 is 0. The minimum Gasteiger partial charge on any atom is -0.496 e. The largest absolute Gasteiger partial charge is 0.496 e. The van der Waals surface area contributed by atoms with Gasteiger partial charge in [-0.3, -0.25) is 4.79 Å². The lowest BCUT2D eigenvalue weighted by Crippen LogP contribution is -2.02. The fourth-order valence-corrected chi connectivity index (χ4v) is 1.71. The minimum absolute atomic E-state index is 0.674. The number of hydrogen-bond acceptors (Lipinski definition) is 2. The molecule has 0 fully saturated rings. The van der Waals surface area contributed by atoms with Crippen LogP contribution in [-0.4, -0.2) is 13.4 Å². The van der Waals surface area contributed by atoms with Gasteiger partial charge in [0.1, 0.15) is 5.75 Å². The van der Waals surface area contributed by atoms with Crippen molar-refractivity contribution in [2.75, 3.05) is 7.11 Å². The van der Waals surface area contributed by atoms with E-state index in [1.165, 1.54) is 11.1 Å². The first-order chi connectivity index (χ1) is 6.54. The van der Waals surface area contributed by atoms with E-state index in [1.807, 2.05) is 20.8 Å². The molecule has 14 heavy (non-hydrogen) atoms. The van der Waals surface area contributed by atoms with Crippen LogP contribution in [-0.2, 0) is 0 Å². The molecule has 0 atom stereocenters. The molecular weight excluding hydrogens is 176 g/mol. The van der Waals surface area contributed by atoms with Crippen LogP contribution in [0.1, 0.15) is 32.6 Å². The van der Waals surface area contributed by atoms with E-state index in [0.717, 1.165) is 17.4 Å². The van der Waals surface area contributed by atoms with Gasteiger partial charge in [0.15, 0.2) is 6.29 Å². The van der Waals surface area contributed by atoms with E-state index in [9.17, 15) is 4.79 Å². The lowest BCUT2D eigenvalue weighted by molar-refractivity contribution is 0.112. The zero-order chi connectivity index (χ0) is 10.9. The maximum absolute atomic E-state index is 10.9.